The Hall–Kier alpha value is -2.89. The van der Waals surface area contributed by atoms with Gasteiger partial charge in [-0.3, -0.25) is 4.79 Å². The van der Waals surface area contributed by atoms with Gasteiger partial charge in [-0.25, -0.2) is 0 Å². The number of fused-ring (bicyclic) bond motifs is 2. The van der Waals surface area contributed by atoms with Crippen molar-refractivity contribution in [3.8, 4) is 28.7 Å². The molecule has 0 saturated heterocycles. The van der Waals surface area contributed by atoms with Crippen molar-refractivity contribution in [2.24, 2.45) is 0 Å². The molecule has 1 aliphatic heterocycles. The predicted molar refractivity (Wildman–Crippen MR) is 85.2 cm³/mol. The van der Waals surface area contributed by atoms with Crippen molar-refractivity contribution >= 4 is 11.6 Å². The SMILES string of the molecule is COc1cc2c(c(OC)c1C)C(=O)Nc1ccc(O)c(C)c1O2. The van der Waals surface area contributed by atoms with Crippen LogP contribution in [-0.4, -0.2) is 25.2 Å². The third-order valence-corrected chi connectivity index (χ3v) is 3.93. The highest BCUT2D eigenvalue weighted by Crippen LogP contribution is 2.46. The summed E-state index contributed by atoms with van der Waals surface area (Å²) in [6.07, 6.45) is 0. The van der Waals surface area contributed by atoms with Crippen molar-refractivity contribution in [2.75, 3.05) is 19.5 Å². The summed E-state index contributed by atoms with van der Waals surface area (Å²) in [7, 11) is 3.03. The predicted octanol–water partition coefficient (Wildman–Crippen LogP) is 3.38. The van der Waals surface area contributed by atoms with Gasteiger partial charge in [0.15, 0.2) is 5.75 Å². The van der Waals surface area contributed by atoms with Crippen LogP contribution in [0.1, 0.15) is 21.5 Å². The number of rotatable bonds is 2. The summed E-state index contributed by atoms with van der Waals surface area (Å²) < 4.78 is 16.6. The lowest BCUT2D eigenvalue weighted by atomic mass is 10.1. The average Bonchev–Trinajstić information content (AvgIpc) is 2.68. The molecule has 120 valence electrons. The molecule has 0 saturated carbocycles. The van der Waals surface area contributed by atoms with Gasteiger partial charge in [0.1, 0.15) is 28.6 Å². The molecule has 1 aliphatic rings. The topological polar surface area (TPSA) is 77.0 Å². The number of hydrogen-bond acceptors (Lipinski definition) is 5. The summed E-state index contributed by atoms with van der Waals surface area (Å²) in [5.74, 6) is 1.40. The van der Waals surface area contributed by atoms with Crippen LogP contribution in [0.2, 0.25) is 0 Å². The molecule has 6 heteroatoms. The van der Waals surface area contributed by atoms with Gasteiger partial charge < -0.3 is 24.6 Å². The van der Waals surface area contributed by atoms with Gasteiger partial charge in [-0.15, -0.1) is 0 Å². The van der Waals surface area contributed by atoms with Gasteiger partial charge in [0.2, 0.25) is 0 Å². The number of phenols is 1. The molecule has 0 radical (unpaired) electrons. The number of carbonyl (C=O) groups excluding carboxylic acids is 1. The van der Waals surface area contributed by atoms with Crippen LogP contribution in [0.4, 0.5) is 5.69 Å². The quantitative estimate of drug-likeness (QED) is 0.831. The minimum Gasteiger partial charge on any atom is -0.508 e. The first-order valence-corrected chi connectivity index (χ1v) is 7.05. The number of phenolic OH excluding ortho intramolecular Hbond substituents is 1. The van der Waals surface area contributed by atoms with Gasteiger partial charge >= 0.3 is 0 Å². The van der Waals surface area contributed by atoms with Gasteiger partial charge in [-0.1, -0.05) is 0 Å². The molecule has 0 aliphatic carbocycles. The molecule has 1 amide bonds. The second-order valence-electron chi connectivity index (χ2n) is 5.25. The highest BCUT2D eigenvalue weighted by atomic mass is 16.5. The van der Waals surface area contributed by atoms with Gasteiger partial charge in [0, 0.05) is 17.2 Å². The van der Waals surface area contributed by atoms with Crippen molar-refractivity contribution < 1.29 is 24.1 Å². The number of benzene rings is 2. The Kier molecular flexibility index (Phi) is 3.52. The number of amides is 1. The standard InChI is InChI=1S/C17H17NO5/c1-8-11(19)6-5-10-15(8)23-13-7-12(21-3)9(2)16(22-4)14(13)17(20)18-10/h5-7,19H,1-4H3,(H,18,20). The molecule has 0 spiro atoms. The molecule has 1 heterocycles. The van der Waals surface area contributed by atoms with E-state index in [1.165, 1.54) is 20.3 Å². The third-order valence-electron chi connectivity index (χ3n) is 3.93. The van der Waals surface area contributed by atoms with E-state index in [4.69, 9.17) is 14.2 Å². The average molecular weight is 315 g/mol. The molecular weight excluding hydrogens is 298 g/mol. The van der Waals surface area contributed by atoms with Crippen LogP contribution in [0, 0.1) is 13.8 Å². The molecule has 0 bridgehead atoms. The molecule has 0 aromatic heterocycles. The molecule has 3 rings (SSSR count). The van der Waals surface area contributed by atoms with Gasteiger partial charge in [0.25, 0.3) is 5.91 Å². The van der Waals surface area contributed by atoms with E-state index in [1.54, 1.807) is 26.0 Å². The molecular formula is C17H17NO5. The maximum atomic E-state index is 12.6. The summed E-state index contributed by atoms with van der Waals surface area (Å²) in [4.78, 5) is 12.6. The molecule has 2 aromatic carbocycles. The summed E-state index contributed by atoms with van der Waals surface area (Å²) in [6, 6.07) is 4.75. The minimum absolute atomic E-state index is 0.0903. The first kappa shape index (κ1) is 15.0. The Balaban J connectivity index is 2.28. The Bertz CT molecular complexity index is 813. The van der Waals surface area contributed by atoms with Gasteiger partial charge in [-0.05, 0) is 26.0 Å². The van der Waals surface area contributed by atoms with E-state index in [0.717, 1.165) is 0 Å². The number of ether oxygens (including phenoxy) is 3. The number of aromatic hydroxyl groups is 1. The van der Waals surface area contributed by atoms with E-state index in [0.29, 0.717) is 45.4 Å². The number of hydrogen-bond donors (Lipinski definition) is 2. The minimum atomic E-state index is -0.341. The van der Waals surface area contributed by atoms with Crippen molar-refractivity contribution in [3.63, 3.8) is 0 Å². The van der Waals surface area contributed by atoms with Crippen LogP contribution in [0.15, 0.2) is 18.2 Å². The lowest BCUT2D eigenvalue weighted by Gasteiger charge is -2.16. The van der Waals surface area contributed by atoms with E-state index in [-0.39, 0.29) is 11.7 Å². The zero-order valence-electron chi connectivity index (χ0n) is 13.3. The lowest BCUT2D eigenvalue weighted by molar-refractivity contribution is 0.102. The van der Waals surface area contributed by atoms with Crippen molar-refractivity contribution in [1.29, 1.82) is 0 Å². The highest BCUT2D eigenvalue weighted by molar-refractivity contribution is 6.10. The van der Waals surface area contributed by atoms with Crippen molar-refractivity contribution in [2.45, 2.75) is 13.8 Å². The first-order valence-electron chi connectivity index (χ1n) is 7.05. The third kappa shape index (κ3) is 2.23. The zero-order valence-corrected chi connectivity index (χ0v) is 13.3. The van der Waals surface area contributed by atoms with Crippen LogP contribution in [0.5, 0.6) is 28.7 Å². The monoisotopic (exact) mass is 315 g/mol. The van der Waals surface area contributed by atoms with E-state index in [1.807, 2.05) is 0 Å². The maximum absolute atomic E-state index is 12.6. The summed E-state index contributed by atoms with van der Waals surface area (Å²) >= 11 is 0. The van der Waals surface area contributed by atoms with Crippen LogP contribution >= 0.6 is 0 Å². The Morgan fingerprint density at radius 2 is 1.87 bits per heavy atom. The molecule has 2 N–H and O–H groups in total. The summed E-state index contributed by atoms with van der Waals surface area (Å²) in [5.41, 5.74) is 2.02. The van der Waals surface area contributed by atoms with E-state index in [2.05, 4.69) is 5.32 Å². The van der Waals surface area contributed by atoms with Gasteiger partial charge in [0.05, 0.1) is 19.9 Å². The first-order chi connectivity index (χ1) is 11.0. The number of nitrogens with one attached hydrogen (secondary N) is 1. The molecule has 23 heavy (non-hydrogen) atoms. The van der Waals surface area contributed by atoms with E-state index in [9.17, 15) is 9.90 Å². The molecule has 0 atom stereocenters. The van der Waals surface area contributed by atoms with Crippen LogP contribution < -0.4 is 19.5 Å². The van der Waals surface area contributed by atoms with Crippen LogP contribution in [0.25, 0.3) is 0 Å². The fourth-order valence-electron chi connectivity index (χ4n) is 2.68. The fraction of sp³-hybridized carbons (Fsp3) is 0.235. The van der Waals surface area contributed by atoms with Crippen molar-refractivity contribution in [3.05, 3.63) is 34.9 Å². The van der Waals surface area contributed by atoms with Crippen LogP contribution in [-0.2, 0) is 0 Å². The number of anilines is 1. The van der Waals surface area contributed by atoms with Crippen LogP contribution in [0.3, 0.4) is 0 Å². The van der Waals surface area contributed by atoms with Crippen molar-refractivity contribution in [1.82, 2.24) is 0 Å². The molecule has 0 unspecified atom stereocenters. The fourth-order valence-corrected chi connectivity index (χ4v) is 2.68. The number of methoxy groups -OCH3 is 2. The molecule has 2 aromatic rings. The lowest BCUT2D eigenvalue weighted by Crippen LogP contribution is -2.13. The summed E-state index contributed by atoms with van der Waals surface area (Å²) in [5, 5.41) is 12.7. The molecule has 0 fully saturated rings. The highest BCUT2D eigenvalue weighted by Gasteiger charge is 2.29. The second-order valence-corrected chi connectivity index (χ2v) is 5.25. The second kappa shape index (κ2) is 5.39. The number of carbonyl (C=O) groups is 1. The summed E-state index contributed by atoms with van der Waals surface area (Å²) in [6.45, 7) is 3.52. The largest absolute Gasteiger partial charge is 0.508 e. The van der Waals surface area contributed by atoms with Gasteiger partial charge in [-0.2, -0.15) is 0 Å². The maximum Gasteiger partial charge on any atom is 0.263 e. The smallest absolute Gasteiger partial charge is 0.263 e. The zero-order chi connectivity index (χ0) is 16.7. The molecule has 6 nitrogen and oxygen atoms in total. The Labute approximate surface area is 133 Å². The van der Waals surface area contributed by atoms with E-state index < -0.39 is 0 Å². The normalized spacial score (nSPS) is 12.4. The Morgan fingerprint density at radius 3 is 2.52 bits per heavy atom. The van der Waals surface area contributed by atoms with E-state index >= 15 is 0 Å². The Morgan fingerprint density at radius 1 is 1.13 bits per heavy atom.